The zero-order valence-corrected chi connectivity index (χ0v) is 14.3. The molecule has 2 rings (SSSR count). The molecule has 0 saturated carbocycles. The van der Waals surface area contributed by atoms with Gasteiger partial charge in [-0.25, -0.2) is 0 Å². The third kappa shape index (κ3) is 7.16. The zero-order chi connectivity index (χ0) is 14.2. The van der Waals surface area contributed by atoms with Crippen molar-refractivity contribution in [2.75, 3.05) is 19.7 Å². The molecule has 1 atom stereocenters. The van der Waals surface area contributed by atoms with Gasteiger partial charge in [0.15, 0.2) is 0 Å². The second kappa shape index (κ2) is 10.0. The lowest BCUT2D eigenvalue weighted by molar-refractivity contribution is -0.121. The van der Waals surface area contributed by atoms with Gasteiger partial charge in [0.25, 0.3) is 0 Å². The predicted octanol–water partition coefficient (Wildman–Crippen LogP) is 2.90. The van der Waals surface area contributed by atoms with E-state index in [2.05, 4.69) is 26.6 Å². The molecule has 1 aliphatic heterocycles. The Bertz CT molecular complexity index is 422. The van der Waals surface area contributed by atoms with Crippen LogP contribution in [-0.2, 0) is 4.79 Å². The molecule has 2 N–H and O–H groups in total. The largest absolute Gasteiger partial charge is 0.494 e. The average Bonchev–Trinajstić information content (AvgIpc) is 2.93. The molecule has 0 bridgehead atoms. The maximum Gasteiger partial charge on any atom is 0.220 e. The van der Waals surface area contributed by atoms with E-state index in [1.807, 2.05) is 24.3 Å². The summed E-state index contributed by atoms with van der Waals surface area (Å²) < 4.78 is 6.66. The lowest BCUT2D eigenvalue weighted by Gasteiger charge is -2.11. The lowest BCUT2D eigenvalue weighted by atomic mass is 10.2. The molecule has 0 radical (unpaired) electrons. The molecule has 1 fully saturated rings. The molecule has 0 aliphatic carbocycles. The number of halogens is 2. The summed E-state index contributed by atoms with van der Waals surface area (Å²) in [6.07, 6.45) is 3.38. The monoisotopic (exact) mass is 376 g/mol. The Hall–Kier alpha value is -0.780. The fraction of sp³-hybridized carbons (Fsp3) is 0.533. The minimum atomic E-state index is 0. The Morgan fingerprint density at radius 1 is 1.33 bits per heavy atom. The highest BCUT2D eigenvalue weighted by atomic mass is 79.9. The van der Waals surface area contributed by atoms with Crippen molar-refractivity contribution in [1.82, 2.24) is 10.6 Å². The number of unbranched alkanes of at least 4 members (excludes halogenated alkanes) is 1. The van der Waals surface area contributed by atoms with E-state index in [4.69, 9.17) is 4.74 Å². The number of nitrogens with one attached hydrogen (secondary N) is 2. The topological polar surface area (TPSA) is 50.4 Å². The number of ether oxygens (including phenoxy) is 1. The molecule has 118 valence electrons. The van der Waals surface area contributed by atoms with Crippen LogP contribution in [0.3, 0.4) is 0 Å². The molecule has 1 heterocycles. The van der Waals surface area contributed by atoms with Crippen LogP contribution in [-0.4, -0.2) is 31.6 Å². The number of hydrogen-bond donors (Lipinski definition) is 2. The van der Waals surface area contributed by atoms with Gasteiger partial charge in [0, 0.05) is 23.5 Å². The molecule has 0 aromatic heterocycles. The summed E-state index contributed by atoms with van der Waals surface area (Å²) in [6, 6.07) is 8.10. The fourth-order valence-corrected chi connectivity index (χ4v) is 2.45. The molecular formula is C15H22BrClN2O2. The molecule has 4 nitrogen and oxygen atoms in total. The van der Waals surface area contributed by atoms with Crippen LogP contribution in [0.4, 0.5) is 0 Å². The van der Waals surface area contributed by atoms with Crippen LogP contribution < -0.4 is 15.4 Å². The van der Waals surface area contributed by atoms with Gasteiger partial charge in [0.2, 0.25) is 5.91 Å². The van der Waals surface area contributed by atoms with E-state index >= 15 is 0 Å². The zero-order valence-electron chi connectivity index (χ0n) is 11.9. The Balaban J connectivity index is 0.00000220. The number of hydrogen-bond acceptors (Lipinski definition) is 3. The predicted molar refractivity (Wildman–Crippen MR) is 90.2 cm³/mol. The number of benzene rings is 1. The van der Waals surface area contributed by atoms with E-state index < -0.39 is 0 Å². The van der Waals surface area contributed by atoms with Crippen LogP contribution in [0.2, 0.25) is 0 Å². The summed E-state index contributed by atoms with van der Waals surface area (Å²) in [4.78, 5) is 11.7. The molecule has 6 heteroatoms. The number of rotatable bonds is 7. The van der Waals surface area contributed by atoms with Gasteiger partial charge in [-0.15, -0.1) is 12.4 Å². The van der Waals surface area contributed by atoms with Crippen LogP contribution in [0.25, 0.3) is 0 Å². The molecule has 0 spiro atoms. The molecule has 1 aromatic carbocycles. The molecule has 21 heavy (non-hydrogen) atoms. The van der Waals surface area contributed by atoms with Crippen molar-refractivity contribution >= 4 is 34.2 Å². The number of carbonyl (C=O) groups is 1. The Morgan fingerprint density at radius 3 is 2.76 bits per heavy atom. The lowest BCUT2D eigenvalue weighted by Crippen LogP contribution is -2.36. The number of carbonyl (C=O) groups excluding carboxylic acids is 1. The van der Waals surface area contributed by atoms with Gasteiger partial charge in [-0.2, -0.15) is 0 Å². The van der Waals surface area contributed by atoms with Crippen LogP contribution in [0.1, 0.15) is 25.7 Å². The summed E-state index contributed by atoms with van der Waals surface area (Å²) >= 11 is 3.39. The van der Waals surface area contributed by atoms with Gasteiger partial charge < -0.3 is 15.4 Å². The van der Waals surface area contributed by atoms with Crippen molar-refractivity contribution in [3.63, 3.8) is 0 Å². The van der Waals surface area contributed by atoms with Crippen LogP contribution in [0.15, 0.2) is 28.7 Å². The van der Waals surface area contributed by atoms with E-state index in [0.29, 0.717) is 19.1 Å². The molecule has 1 aromatic rings. The summed E-state index contributed by atoms with van der Waals surface area (Å²) in [5, 5.41) is 6.28. The standard InChI is InChI=1S/C15H21BrN2O2.ClH/c16-12-4-6-14(7-5-12)20-10-2-1-3-15(19)18-13-8-9-17-11-13;/h4-7,13,17H,1-3,8-11H2,(H,18,19);1H. The van der Waals surface area contributed by atoms with Gasteiger partial charge in [0.05, 0.1) is 6.61 Å². The summed E-state index contributed by atoms with van der Waals surface area (Å²) in [5.41, 5.74) is 0. The fourth-order valence-electron chi connectivity index (χ4n) is 2.19. The molecule has 1 unspecified atom stereocenters. The highest BCUT2D eigenvalue weighted by Crippen LogP contribution is 2.16. The highest BCUT2D eigenvalue weighted by molar-refractivity contribution is 9.10. The van der Waals surface area contributed by atoms with Crippen LogP contribution in [0, 0.1) is 0 Å². The minimum absolute atomic E-state index is 0. The first-order valence-electron chi connectivity index (χ1n) is 7.12. The smallest absolute Gasteiger partial charge is 0.220 e. The second-order valence-corrected chi connectivity index (χ2v) is 5.93. The molecule has 1 saturated heterocycles. The summed E-state index contributed by atoms with van der Waals surface area (Å²) in [5.74, 6) is 1.03. The van der Waals surface area contributed by atoms with Gasteiger partial charge in [-0.3, -0.25) is 4.79 Å². The first-order chi connectivity index (χ1) is 9.74. The highest BCUT2D eigenvalue weighted by Gasteiger charge is 2.15. The van der Waals surface area contributed by atoms with Crippen molar-refractivity contribution in [2.45, 2.75) is 31.7 Å². The molecule has 1 amide bonds. The summed E-state index contributed by atoms with van der Waals surface area (Å²) in [6.45, 7) is 2.56. The van der Waals surface area contributed by atoms with Gasteiger partial charge in [0.1, 0.15) is 5.75 Å². The van der Waals surface area contributed by atoms with Gasteiger partial charge >= 0.3 is 0 Å². The van der Waals surface area contributed by atoms with Crippen molar-refractivity contribution in [3.8, 4) is 5.75 Å². The van der Waals surface area contributed by atoms with E-state index in [9.17, 15) is 4.79 Å². The number of amides is 1. The maximum atomic E-state index is 11.7. The van der Waals surface area contributed by atoms with Gasteiger partial charge in [-0.05, 0) is 50.1 Å². The van der Waals surface area contributed by atoms with Crippen molar-refractivity contribution in [3.05, 3.63) is 28.7 Å². The summed E-state index contributed by atoms with van der Waals surface area (Å²) in [7, 11) is 0. The normalized spacial score (nSPS) is 17.1. The quantitative estimate of drug-likeness (QED) is 0.718. The average molecular weight is 378 g/mol. The van der Waals surface area contributed by atoms with Crippen LogP contribution in [0.5, 0.6) is 5.75 Å². The van der Waals surface area contributed by atoms with Crippen molar-refractivity contribution in [2.24, 2.45) is 0 Å². The molecule has 1 aliphatic rings. The Labute approximate surface area is 140 Å². The SMILES string of the molecule is Cl.O=C(CCCCOc1ccc(Br)cc1)NC1CCNC1. The van der Waals surface area contributed by atoms with E-state index in [1.54, 1.807) is 0 Å². The maximum absolute atomic E-state index is 11.7. The van der Waals surface area contributed by atoms with Gasteiger partial charge in [-0.1, -0.05) is 15.9 Å². The Kier molecular flexibility index (Phi) is 8.73. The third-order valence-corrected chi connectivity index (χ3v) is 3.83. The van der Waals surface area contributed by atoms with E-state index in [0.717, 1.165) is 42.6 Å². The first-order valence-corrected chi connectivity index (χ1v) is 7.92. The van der Waals surface area contributed by atoms with Crippen molar-refractivity contribution in [1.29, 1.82) is 0 Å². The first kappa shape index (κ1) is 18.3. The molecular weight excluding hydrogens is 356 g/mol. The van der Waals surface area contributed by atoms with Crippen LogP contribution >= 0.6 is 28.3 Å². The minimum Gasteiger partial charge on any atom is -0.494 e. The second-order valence-electron chi connectivity index (χ2n) is 5.02. The Morgan fingerprint density at radius 2 is 2.10 bits per heavy atom. The third-order valence-electron chi connectivity index (χ3n) is 3.31. The van der Waals surface area contributed by atoms with Crippen molar-refractivity contribution < 1.29 is 9.53 Å². The van der Waals surface area contributed by atoms with E-state index in [-0.39, 0.29) is 18.3 Å². The van der Waals surface area contributed by atoms with E-state index in [1.165, 1.54) is 0 Å².